The maximum absolute atomic E-state index is 11.8. The number of nitrogen functional groups attached to an aromatic ring is 1. The number of nitrogens with zero attached hydrogens (tertiary/aromatic N) is 2. The van der Waals surface area contributed by atoms with E-state index in [1.165, 1.54) is 25.9 Å². The lowest BCUT2D eigenvalue weighted by atomic mass is 10.3. The van der Waals surface area contributed by atoms with Gasteiger partial charge in [0.05, 0.1) is 5.52 Å². The average molecular weight is 261 g/mol. The molecule has 1 aromatic heterocycles. The summed E-state index contributed by atoms with van der Waals surface area (Å²) in [6.45, 7) is 4.13. The first-order valence-corrected chi connectivity index (χ1v) is 6.85. The summed E-state index contributed by atoms with van der Waals surface area (Å²) >= 11 is 0. The predicted molar refractivity (Wildman–Crippen MR) is 75.2 cm³/mol. The highest BCUT2D eigenvalue weighted by molar-refractivity contribution is 5.76. The van der Waals surface area contributed by atoms with Crippen LogP contribution in [0.25, 0.3) is 11.1 Å². The number of oxazole rings is 1. The summed E-state index contributed by atoms with van der Waals surface area (Å²) in [6.07, 6.45) is 3.57. The number of hydrogen-bond acceptors (Lipinski definition) is 4. The Labute approximate surface area is 111 Å². The lowest BCUT2D eigenvalue weighted by Crippen LogP contribution is -2.23. The number of nitrogens with two attached hydrogens (primary N) is 1. The highest BCUT2D eigenvalue weighted by atomic mass is 16.4. The fourth-order valence-corrected chi connectivity index (χ4v) is 2.75. The fraction of sp³-hybridized carbons (Fsp3) is 0.500. The van der Waals surface area contributed by atoms with Crippen LogP contribution in [0.5, 0.6) is 0 Å². The highest BCUT2D eigenvalue weighted by Crippen LogP contribution is 2.16. The SMILES string of the molecule is Nc1ccc2c(c1)oc(=O)n2CCCN1CCCC1. The van der Waals surface area contributed by atoms with Gasteiger partial charge in [0.1, 0.15) is 0 Å². The number of fused-ring (bicyclic) bond motifs is 1. The van der Waals surface area contributed by atoms with Gasteiger partial charge in [-0.05, 0) is 51.0 Å². The zero-order valence-electron chi connectivity index (χ0n) is 11.0. The number of rotatable bonds is 4. The topological polar surface area (TPSA) is 64.4 Å². The standard InChI is InChI=1S/C14H19N3O2/c15-11-4-5-12-13(10-11)19-14(18)17(12)9-3-8-16-6-1-2-7-16/h4-5,10H,1-3,6-9,15H2. The molecule has 0 saturated carbocycles. The summed E-state index contributed by atoms with van der Waals surface area (Å²) in [7, 11) is 0. The van der Waals surface area contributed by atoms with E-state index in [2.05, 4.69) is 4.90 Å². The molecule has 1 saturated heterocycles. The number of aromatic nitrogens is 1. The zero-order valence-corrected chi connectivity index (χ0v) is 11.0. The molecule has 0 amide bonds. The molecule has 2 N–H and O–H groups in total. The van der Waals surface area contributed by atoms with Gasteiger partial charge < -0.3 is 15.1 Å². The van der Waals surface area contributed by atoms with Crippen molar-refractivity contribution in [2.24, 2.45) is 0 Å². The van der Waals surface area contributed by atoms with Crippen molar-refractivity contribution in [2.75, 3.05) is 25.4 Å². The molecule has 5 nitrogen and oxygen atoms in total. The van der Waals surface area contributed by atoms with Crippen LogP contribution >= 0.6 is 0 Å². The molecule has 1 fully saturated rings. The molecule has 1 aromatic carbocycles. The molecule has 19 heavy (non-hydrogen) atoms. The van der Waals surface area contributed by atoms with Crippen molar-refractivity contribution < 1.29 is 4.42 Å². The van der Waals surface area contributed by atoms with Crippen molar-refractivity contribution in [3.63, 3.8) is 0 Å². The van der Waals surface area contributed by atoms with E-state index in [9.17, 15) is 4.79 Å². The zero-order chi connectivity index (χ0) is 13.2. The van der Waals surface area contributed by atoms with Crippen molar-refractivity contribution in [2.45, 2.75) is 25.8 Å². The van der Waals surface area contributed by atoms with Gasteiger partial charge in [0.2, 0.25) is 0 Å². The van der Waals surface area contributed by atoms with Gasteiger partial charge in [-0.15, -0.1) is 0 Å². The quantitative estimate of drug-likeness (QED) is 0.850. The van der Waals surface area contributed by atoms with Crippen molar-refractivity contribution >= 4 is 16.8 Å². The summed E-state index contributed by atoms with van der Waals surface area (Å²) < 4.78 is 6.92. The van der Waals surface area contributed by atoms with E-state index in [1.54, 1.807) is 16.7 Å². The molecule has 1 aliphatic heterocycles. The third kappa shape index (κ3) is 2.51. The van der Waals surface area contributed by atoms with E-state index in [1.807, 2.05) is 6.07 Å². The van der Waals surface area contributed by atoms with Crippen LogP contribution in [0.15, 0.2) is 27.4 Å². The summed E-state index contributed by atoms with van der Waals surface area (Å²) in [6, 6.07) is 5.35. The normalized spacial score (nSPS) is 16.4. The maximum Gasteiger partial charge on any atom is 0.419 e. The first kappa shape index (κ1) is 12.3. The van der Waals surface area contributed by atoms with Crippen LogP contribution in [-0.2, 0) is 6.54 Å². The van der Waals surface area contributed by atoms with Crippen molar-refractivity contribution in [1.82, 2.24) is 9.47 Å². The van der Waals surface area contributed by atoms with E-state index in [0.29, 0.717) is 17.8 Å². The highest BCUT2D eigenvalue weighted by Gasteiger charge is 2.12. The smallest absolute Gasteiger partial charge is 0.408 e. The molecule has 2 heterocycles. The Bertz CT molecular complexity index is 623. The largest absolute Gasteiger partial charge is 0.419 e. The Morgan fingerprint density at radius 3 is 2.79 bits per heavy atom. The van der Waals surface area contributed by atoms with E-state index in [4.69, 9.17) is 10.2 Å². The third-order valence-electron chi connectivity index (χ3n) is 3.75. The Morgan fingerprint density at radius 2 is 2.00 bits per heavy atom. The number of benzene rings is 1. The average Bonchev–Trinajstić information content (AvgIpc) is 2.98. The van der Waals surface area contributed by atoms with Gasteiger partial charge in [-0.25, -0.2) is 4.79 Å². The van der Waals surface area contributed by atoms with Gasteiger partial charge in [0, 0.05) is 18.3 Å². The lowest BCUT2D eigenvalue weighted by molar-refractivity contribution is 0.323. The minimum absolute atomic E-state index is 0.290. The molecular formula is C14H19N3O2. The molecule has 0 spiro atoms. The summed E-state index contributed by atoms with van der Waals surface area (Å²) in [5.74, 6) is -0.290. The van der Waals surface area contributed by atoms with Gasteiger partial charge in [0.25, 0.3) is 0 Å². The Kier molecular flexibility index (Phi) is 3.29. The maximum atomic E-state index is 11.8. The van der Waals surface area contributed by atoms with Crippen LogP contribution in [0.4, 0.5) is 5.69 Å². The molecule has 5 heteroatoms. The molecule has 0 atom stereocenters. The molecule has 3 rings (SSSR count). The number of aryl methyl sites for hydroxylation is 1. The van der Waals surface area contributed by atoms with Crippen LogP contribution in [0.1, 0.15) is 19.3 Å². The van der Waals surface area contributed by atoms with Gasteiger partial charge in [0.15, 0.2) is 5.58 Å². The fourth-order valence-electron chi connectivity index (χ4n) is 2.75. The van der Waals surface area contributed by atoms with Crippen LogP contribution in [-0.4, -0.2) is 29.1 Å². The Hall–Kier alpha value is -1.75. The summed E-state index contributed by atoms with van der Waals surface area (Å²) in [5.41, 5.74) is 7.71. The van der Waals surface area contributed by atoms with Crippen LogP contribution in [0.3, 0.4) is 0 Å². The van der Waals surface area contributed by atoms with Gasteiger partial charge in [-0.2, -0.15) is 0 Å². The molecule has 1 aliphatic rings. The number of anilines is 1. The van der Waals surface area contributed by atoms with Crippen LogP contribution in [0, 0.1) is 0 Å². The van der Waals surface area contributed by atoms with Crippen molar-refractivity contribution in [3.8, 4) is 0 Å². The number of hydrogen-bond donors (Lipinski definition) is 1. The lowest BCUT2D eigenvalue weighted by Gasteiger charge is -2.13. The minimum Gasteiger partial charge on any atom is -0.408 e. The van der Waals surface area contributed by atoms with E-state index in [-0.39, 0.29) is 5.76 Å². The molecule has 2 aromatic rings. The van der Waals surface area contributed by atoms with E-state index >= 15 is 0 Å². The van der Waals surface area contributed by atoms with Crippen LogP contribution in [0.2, 0.25) is 0 Å². The monoisotopic (exact) mass is 261 g/mol. The van der Waals surface area contributed by atoms with Crippen molar-refractivity contribution in [1.29, 1.82) is 0 Å². The molecule has 0 radical (unpaired) electrons. The predicted octanol–water partition coefficient (Wildman–Crippen LogP) is 1.66. The molecule has 0 unspecified atom stereocenters. The Balaban J connectivity index is 1.73. The van der Waals surface area contributed by atoms with E-state index in [0.717, 1.165) is 18.5 Å². The second-order valence-corrected chi connectivity index (χ2v) is 5.15. The molecule has 0 bridgehead atoms. The van der Waals surface area contributed by atoms with Crippen molar-refractivity contribution in [3.05, 3.63) is 28.7 Å². The second kappa shape index (κ2) is 5.09. The molecule has 0 aliphatic carbocycles. The first-order valence-electron chi connectivity index (χ1n) is 6.85. The summed E-state index contributed by atoms with van der Waals surface area (Å²) in [4.78, 5) is 14.3. The van der Waals surface area contributed by atoms with Gasteiger partial charge in [-0.3, -0.25) is 4.57 Å². The number of likely N-dealkylation sites (tertiary alicyclic amines) is 1. The third-order valence-corrected chi connectivity index (χ3v) is 3.75. The Morgan fingerprint density at radius 1 is 1.21 bits per heavy atom. The molecule has 102 valence electrons. The minimum atomic E-state index is -0.290. The van der Waals surface area contributed by atoms with E-state index < -0.39 is 0 Å². The molecular weight excluding hydrogens is 242 g/mol. The van der Waals surface area contributed by atoms with Gasteiger partial charge in [-0.1, -0.05) is 0 Å². The van der Waals surface area contributed by atoms with Gasteiger partial charge >= 0.3 is 5.76 Å². The second-order valence-electron chi connectivity index (χ2n) is 5.15. The summed E-state index contributed by atoms with van der Waals surface area (Å²) in [5, 5.41) is 0. The first-order chi connectivity index (χ1) is 9.24. The van der Waals surface area contributed by atoms with Crippen LogP contribution < -0.4 is 11.5 Å².